The van der Waals surface area contributed by atoms with Crippen LogP contribution in [0.25, 0.3) is 5.69 Å². The molecule has 2 N–H and O–H groups in total. The fourth-order valence-corrected chi connectivity index (χ4v) is 2.77. The first-order chi connectivity index (χ1) is 13.5. The number of nitrogens with zero attached hydrogens (tertiary/aromatic N) is 2. The Hall–Kier alpha value is -3.41. The second-order valence-electron chi connectivity index (χ2n) is 7.03. The lowest BCUT2D eigenvalue weighted by Crippen LogP contribution is -2.28. The topological polar surface area (TPSA) is 76.0 Å². The van der Waals surface area contributed by atoms with Crippen LogP contribution in [0.4, 0.5) is 5.69 Å². The summed E-state index contributed by atoms with van der Waals surface area (Å²) in [6, 6.07) is 16.1. The van der Waals surface area contributed by atoms with Gasteiger partial charge in [-0.15, -0.1) is 0 Å². The average molecular weight is 376 g/mol. The summed E-state index contributed by atoms with van der Waals surface area (Å²) in [5, 5.41) is 9.98. The number of benzene rings is 2. The highest BCUT2D eigenvalue weighted by Gasteiger charge is 2.14. The van der Waals surface area contributed by atoms with Crippen LogP contribution in [-0.4, -0.2) is 28.1 Å². The van der Waals surface area contributed by atoms with Gasteiger partial charge in [-0.2, -0.15) is 5.10 Å². The summed E-state index contributed by atoms with van der Waals surface area (Å²) in [6.45, 7) is 6.61. The second kappa shape index (κ2) is 8.52. The maximum Gasteiger partial charge on any atom is 0.255 e. The van der Waals surface area contributed by atoms with Crippen LogP contribution in [-0.2, 0) is 0 Å². The molecule has 0 fully saturated rings. The van der Waals surface area contributed by atoms with E-state index in [-0.39, 0.29) is 11.8 Å². The molecule has 1 aromatic heterocycles. The lowest BCUT2D eigenvalue weighted by atomic mass is 10.1. The Kier molecular flexibility index (Phi) is 5.89. The van der Waals surface area contributed by atoms with E-state index in [0.29, 0.717) is 29.3 Å². The van der Waals surface area contributed by atoms with Gasteiger partial charge < -0.3 is 10.6 Å². The number of para-hydroxylation sites is 1. The molecule has 0 aliphatic rings. The number of anilines is 1. The van der Waals surface area contributed by atoms with Gasteiger partial charge >= 0.3 is 0 Å². The van der Waals surface area contributed by atoms with Crippen molar-refractivity contribution in [1.82, 2.24) is 15.1 Å². The molecule has 28 heavy (non-hydrogen) atoms. The van der Waals surface area contributed by atoms with Crippen LogP contribution >= 0.6 is 0 Å². The summed E-state index contributed by atoms with van der Waals surface area (Å²) in [5.41, 5.74) is 3.33. The van der Waals surface area contributed by atoms with Gasteiger partial charge in [-0.05, 0) is 55.3 Å². The molecule has 2 aromatic carbocycles. The minimum atomic E-state index is -0.271. The van der Waals surface area contributed by atoms with Gasteiger partial charge in [0.05, 0.1) is 16.9 Å². The van der Waals surface area contributed by atoms with E-state index in [2.05, 4.69) is 15.7 Å². The van der Waals surface area contributed by atoms with Crippen molar-refractivity contribution in [3.8, 4) is 5.69 Å². The number of nitrogens with one attached hydrogen (secondary N) is 2. The first-order valence-corrected chi connectivity index (χ1v) is 9.25. The molecule has 0 unspecified atom stereocenters. The number of amides is 2. The summed E-state index contributed by atoms with van der Waals surface area (Å²) in [4.78, 5) is 25.1. The standard InChI is InChI=1S/C22H24N4O2/c1-15(2)14-23-22(28)19-6-4-5-7-20(19)25-21(27)17-8-10-18(11-9-17)26-16(3)12-13-24-26/h4-13,15H,14H2,1-3H3,(H,23,28)(H,25,27). The summed E-state index contributed by atoms with van der Waals surface area (Å²) in [6.07, 6.45) is 1.73. The lowest BCUT2D eigenvalue weighted by molar-refractivity contribution is 0.0950. The van der Waals surface area contributed by atoms with E-state index in [0.717, 1.165) is 11.4 Å². The molecule has 3 rings (SSSR count). The molecule has 0 radical (unpaired) electrons. The molecule has 6 nitrogen and oxygen atoms in total. The zero-order chi connectivity index (χ0) is 20.1. The summed E-state index contributed by atoms with van der Waals surface area (Å²) < 4.78 is 1.80. The molecule has 1 heterocycles. The Bertz CT molecular complexity index is 974. The highest BCUT2D eigenvalue weighted by Crippen LogP contribution is 2.17. The van der Waals surface area contributed by atoms with Crippen LogP contribution < -0.4 is 10.6 Å². The number of rotatable bonds is 6. The summed E-state index contributed by atoms with van der Waals surface area (Å²) in [7, 11) is 0. The molecule has 144 valence electrons. The fraction of sp³-hybridized carbons (Fsp3) is 0.227. The molecule has 3 aromatic rings. The third-order valence-corrected chi connectivity index (χ3v) is 4.30. The Morgan fingerprint density at radius 3 is 2.36 bits per heavy atom. The van der Waals surface area contributed by atoms with Gasteiger partial charge in [0.25, 0.3) is 11.8 Å². The number of carbonyl (C=O) groups excluding carboxylic acids is 2. The van der Waals surface area contributed by atoms with E-state index in [1.807, 2.05) is 39.0 Å². The van der Waals surface area contributed by atoms with Gasteiger partial charge in [0, 0.05) is 24.0 Å². The Morgan fingerprint density at radius 1 is 1.00 bits per heavy atom. The average Bonchev–Trinajstić information content (AvgIpc) is 3.12. The third-order valence-electron chi connectivity index (χ3n) is 4.30. The van der Waals surface area contributed by atoms with Crippen molar-refractivity contribution in [2.45, 2.75) is 20.8 Å². The Morgan fingerprint density at radius 2 is 1.71 bits per heavy atom. The third kappa shape index (κ3) is 4.46. The molecule has 0 atom stereocenters. The van der Waals surface area contributed by atoms with Gasteiger partial charge in [-0.3, -0.25) is 9.59 Å². The zero-order valence-corrected chi connectivity index (χ0v) is 16.3. The van der Waals surface area contributed by atoms with E-state index in [1.54, 1.807) is 47.3 Å². The quantitative estimate of drug-likeness (QED) is 0.687. The van der Waals surface area contributed by atoms with Gasteiger partial charge in [-0.1, -0.05) is 26.0 Å². The van der Waals surface area contributed by atoms with Crippen molar-refractivity contribution in [3.63, 3.8) is 0 Å². The van der Waals surface area contributed by atoms with Crippen molar-refractivity contribution in [1.29, 1.82) is 0 Å². The molecule has 0 spiro atoms. The molecule has 6 heteroatoms. The van der Waals surface area contributed by atoms with Gasteiger partial charge in [-0.25, -0.2) is 4.68 Å². The Balaban J connectivity index is 1.75. The van der Waals surface area contributed by atoms with Crippen LogP contribution in [0.1, 0.15) is 40.3 Å². The zero-order valence-electron chi connectivity index (χ0n) is 16.3. The molecule has 0 saturated heterocycles. The summed E-state index contributed by atoms with van der Waals surface area (Å²) >= 11 is 0. The Labute approximate surface area is 164 Å². The molecule has 0 bridgehead atoms. The smallest absolute Gasteiger partial charge is 0.255 e. The van der Waals surface area contributed by atoms with Crippen LogP contribution in [0.3, 0.4) is 0 Å². The highest BCUT2D eigenvalue weighted by molar-refractivity contribution is 6.09. The number of aryl methyl sites for hydroxylation is 1. The normalized spacial score (nSPS) is 10.7. The van der Waals surface area contributed by atoms with Crippen molar-refractivity contribution in [3.05, 3.63) is 77.6 Å². The molecule has 0 saturated carbocycles. The van der Waals surface area contributed by atoms with Crippen LogP contribution in [0.5, 0.6) is 0 Å². The minimum absolute atomic E-state index is 0.200. The van der Waals surface area contributed by atoms with E-state index < -0.39 is 0 Å². The van der Waals surface area contributed by atoms with Crippen molar-refractivity contribution in [2.24, 2.45) is 5.92 Å². The summed E-state index contributed by atoms with van der Waals surface area (Å²) in [5.74, 6) is -0.121. The van der Waals surface area contributed by atoms with Crippen LogP contribution in [0.15, 0.2) is 60.8 Å². The van der Waals surface area contributed by atoms with E-state index in [1.165, 1.54) is 0 Å². The van der Waals surface area contributed by atoms with Crippen molar-refractivity contribution in [2.75, 3.05) is 11.9 Å². The van der Waals surface area contributed by atoms with E-state index in [9.17, 15) is 9.59 Å². The molecule has 0 aliphatic carbocycles. The molecule has 2 amide bonds. The van der Waals surface area contributed by atoms with Crippen LogP contribution in [0.2, 0.25) is 0 Å². The predicted molar refractivity (Wildman–Crippen MR) is 110 cm³/mol. The first kappa shape index (κ1) is 19.4. The molecular weight excluding hydrogens is 352 g/mol. The SMILES string of the molecule is Cc1ccnn1-c1ccc(C(=O)Nc2ccccc2C(=O)NCC(C)C)cc1. The maximum atomic E-state index is 12.7. The van der Waals surface area contributed by atoms with Gasteiger partial charge in [0.1, 0.15) is 0 Å². The number of hydrogen-bond acceptors (Lipinski definition) is 3. The number of aromatic nitrogens is 2. The fourth-order valence-electron chi connectivity index (χ4n) is 2.77. The van der Waals surface area contributed by atoms with Crippen molar-refractivity contribution >= 4 is 17.5 Å². The largest absolute Gasteiger partial charge is 0.352 e. The molecular formula is C22H24N4O2. The number of hydrogen-bond donors (Lipinski definition) is 2. The minimum Gasteiger partial charge on any atom is -0.352 e. The highest BCUT2D eigenvalue weighted by atomic mass is 16.2. The second-order valence-corrected chi connectivity index (χ2v) is 7.03. The number of carbonyl (C=O) groups is 2. The van der Waals surface area contributed by atoms with E-state index >= 15 is 0 Å². The maximum absolute atomic E-state index is 12.7. The lowest BCUT2D eigenvalue weighted by Gasteiger charge is -2.13. The van der Waals surface area contributed by atoms with Gasteiger partial charge in [0.15, 0.2) is 0 Å². The van der Waals surface area contributed by atoms with Crippen molar-refractivity contribution < 1.29 is 9.59 Å². The van der Waals surface area contributed by atoms with Crippen LogP contribution in [0, 0.1) is 12.8 Å². The predicted octanol–water partition coefficient (Wildman–Crippen LogP) is 3.82. The molecule has 0 aliphatic heterocycles. The monoisotopic (exact) mass is 376 g/mol. The van der Waals surface area contributed by atoms with E-state index in [4.69, 9.17) is 0 Å². The first-order valence-electron chi connectivity index (χ1n) is 9.25. The van der Waals surface area contributed by atoms with Gasteiger partial charge in [0.2, 0.25) is 0 Å².